The van der Waals surface area contributed by atoms with Crippen LogP contribution in [0.15, 0.2) is 103 Å². The van der Waals surface area contributed by atoms with E-state index in [1.165, 1.54) is 6.07 Å². The molecule has 1 amide bonds. The summed E-state index contributed by atoms with van der Waals surface area (Å²) in [6.07, 6.45) is -2.79. The van der Waals surface area contributed by atoms with Crippen molar-refractivity contribution in [3.63, 3.8) is 0 Å². The SMILES string of the molecule is CN(C)CCNC(=O)Cc1cccc(OCCCNC(CCc2cccc(C(F)(F)F)c2Cl)(c2ccccc2)c2ccccc2)c1. The minimum Gasteiger partial charge on any atom is -0.494 e. The number of rotatable bonds is 16. The van der Waals surface area contributed by atoms with Crippen molar-refractivity contribution in [2.75, 3.05) is 40.3 Å². The Hall–Kier alpha value is -3.85. The van der Waals surface area contributed by atoms with E-state index in [0.717, 1.165) is 29.3 Å². The van der Waals surface area contributed by atoms with Crippen molar-refractivity contribution in [3.8, 4) is 5.75 Å². The summed E-state index contributed by atoms with van der Waals surface area (Å²) in [5.74, 6) is 0.656. The van der Waals surface area contributed by atoms with Gasteiger partial charge in [-0.3, -0.25) is 4.79 Å². The standard InChI is InChI=1S/C37H41ClF3N3O2/c1-44(2)24-23-42-34(45)27-28-12-9-18-32(26-28)46-25-11-22-43-36(30-14-5-3-6-15-30,31-16-7-4-8-17-31)21-20-29-13-10-19-33(35(29)38)37(39,40)41/h3-10,12-19,26,43H,11,20-25,27H2,1-2H3,(H,42,45). The van der Waals surface area contributed by atoms with Crippen molar-refractivity contribution >= 4 is 17.5 Å². The zero-order chi connectivity index (χ0) is 33.0. The maximum atomic E-state index is 13.6. The summed E-state index contributed by atoms with van der Waals surface area (Å²) in [4.78, 5) is 14.3. The molecule has 5 nitrogen and oxygen atoms in total. The van der Waals surface area contributed by atoms with Gasteiger partial charge < -0.3 is 20.3 Å². The first-order valence-corrected chi connectivity index (χ1v) is 15.8. The Morgan fingerprint density at radius 1 is 0.848 bits per heavy atom. The van der Waals surface area contributed by atoms with E-state index in [9.17, 15) is 18.0 Å². The highest BCUT2D eigenvalue weighted by Crippen LogP contribution is 2.39. The van der Waals surface area contributed by atoms with Crippen molar-refractivity contribution < 1.29 is 22.7 Å². The van der Waals surface area contributed by atoms with Crippen LogP contribution in [0.5, 0.6) is 5.75 Å². The Bertz CT molecular complexity index is 1490. The molecule has 0 spiro atoms. The fourth-order valence-corrected chi connectivity index (χ4v) is 5.81. The van der Waals surface area contributed by atoms with Gasteiger partial charge in [-0.05, 0) is 80.4 Å². The van der Waals surface area contributed by atoms with Gasteiger partial charge in [-0.2, -0.15) is 13.2 Å². The summed E-state index contributed by atoms with van der Waals surface area (Å²) < 4.78 is 46.9. The number of carbonyl (C=O) groups excluding carboxylic acids is 1. The summed E-state index contributed by atoms with van der Waals surface area (Å²) in [7, 11) is 3.92. The maximum Gasteiger partial charge on any atom is 0.417 e. The topological polar surface area (TPSA) is 53.6 Å². The van der Waals surface area contributed by atoms with Crippen LogP contribution < -0.4 is 15.4 Å². The lowest BCUT2D eigenvalue weighted by Crippen LogP contribution is -2.44. The van der Waals surface area contributed by atoms with E-state index in [4.69, 9.17) is 16.3 Å². The lowest BCUT2D eigenvalue weighted by molar-refractivity contribution is -0.137. The number of hydrogen-bond acceptors (Lipinski definition) is 4. The summed E-state index contributed by atoms with van der Waals surface area (Å²) in [6.45, 7) is 2.38. The molecule has 0 unspecified atom stereocenters. The highest BCUT2D eigenvalue weighted by molar-refractivity contribution is 6.32. The molecule has 0 heterocycles. The second-order valence-corrected chi connectivity index (χ2v) is 11.9. The van der Waals surface area contributed by atoms with Crippen LogP contribution in [0.1, 0.15) is 40.7 Å². The number of ether oxygens (including phenoxy) is 1. The Balaban J connectivity index is 1.46. The van der Waals surface area contributed by atoms with Gasteiger partial charge in [-0.25, -0.2) is 0 Å². The fraction of sp³-hybridized carbons (Fsp3) is 0.324. The van der Waals surface area contributed by atoms with Crippen molar-refractivity contribution in [1.82, 2.24) is 15.5 Å². The highest BCUT2D eigenvalue weighted by atomic mass is 35.5. The Labute approximate surface area is 274 Å². The zero-order valence-corrected chi connectivity index (χ0v) is 27.0. The van der Waals surface area contributed by atoms with Crippen molar-refractivity contribution in [2.24, 2.45) is 0 Å². The quantitative estimate of drug-likeness (QED) is 0.123. The second-order valence-electron chi connectivity index (χ2n) is 11.5. The molecular formula is C37H41ClF3N3O2. The average molecular weight is 652 g/mol. The number of alkyl halides is 3. The first-order valence-electron chi connectivity index (χ1n) is 15.4. The molecule has 4 aromatic rings. The number of amides is 1. The summed E-state index contributed by atoms with van der Waals surface area (Å²) in [6, 6.07) is 31.5. The second kappa shape index (κ2) is 16.6. The molecule has 4 aromatic carbocycles. The molecule has 0 saturated carbocycles. The number of aryl methyl sites for hydroxylation is 1. The van der Waals surface area contributed by atoms with Crippen LogP contribution in [0.4, 0.5) is 13.2 Å². The molecule has 46 heavy (non-hydrogen) atoms. The number of nitrogens with one attached hydrogen (secondary N) is 2. The van der Waals surface area contributed by atoms with Crippen molar-refractivity contribution in [3.05, 3.63) is 136 Å². The summed E-state index contributed by atoms with van der Waals surface area (Å²) >= 11 is 6.31. The fourth-order valence-electron chi connectivity index (χ4n) is 5.48. The van der Waals surface area contributed by atoms with Gasteiger partial charge in [-0.1, -0.05) is 96.5 Å². The Morgan fingerprint density at radius 3 is 2.13 bits per heavy atom. The highest BCUT2D eigenvalue weighted by Gasteiger charge is 2.36. The first-order chi connectivity index (χ1) is 22.1. The molecule has 4 rings (SSSR count). The number of benzene rings is 4. The Morgan fingerprint density at radius 2 is 1.50 bits per heavy atom. The molecule has 0 aliphatic rings. The molecular weight excluding hydrogens is 611 g/mol. The summed E-state index contributed by atoms with van der Waals surface area (Å²) in [5.41, 5.74) is 1.81. The van der Waals surface area contributed by atoms with Crippen molar-refractivity contribution in [2.45, 2.75) is 37.4 Å². The monoisotopic (exact) mass is 651 g/mol. The lowest BCUT2D eigenvalue weighted by atomic mass is 9.78. The van der Waals surface area contributed by atoms with Crippen molar-refractivity contribution in [1.29, 1.82) is 0 Å². The molecule has 0 fully saturated rings. The van der Waals surface area contributed by atoms with E-state index in [2.05, 4.69) is 10.6 Å². The third-order valence-corrected chi connectivity index (χ3v) is 8.29. The first kappa shape index (κ1) is 35.0. The van der Waals surface area contributed by atoms with Gasteiger partial charge >= 0.3 is 6.18 Å². The molecule has 244 valence electrons. The molecule has 2 N–H and O–H groups in total. The van der Waals surface area contributed by atoms with Gasteiger partial charge in [0.2, 0.25) is 5.91 Å². The van der Waals surface area contributed by atoms with Crippen LogP contribution >= 0.6 is 11.6 Å². The van der Waals surface area contributed by atoms with E-state index >= 15 is 0 Å². The number of hydrogen-bond donors (Lipinski definition) is 2. The molecule has 0 bridgehead atoms. The Kier molecular flexibility index (Phi) is 12.7. The minimum absolute atomic E-state index is 0.0345. The van der Waals surface area contributed by atoms with Gasteiger partial charge in [0.05, 0.1) is 29.2 Å². The largest absolute Gasteiger partial charge is 0.494 e. The van der Waals surface area contributed by atoms with Crippen LogP contribution in [-0.4, -0.2) is 51.1 Å². The van der Waals surface area contributed by atoms with Gasteiger partial charge in [-0.15, -0.1) is 0 Å². The van der Waals surface area contributed by atoms with Gasteiger partial charge in [0, 0.05) is 13.1 Å². The van der Waals surface area contributed by atoms with Crippen LogP contribution in [0, 0.1) is 0 Å². The average Bonchev–Trinajstić information content (AvgIpc) is 3.03. The molecule has 0 aromatic heterocycles. The number of likely N-dealkylation sites (N-methyl/N-ethyl adjacent to an activating group) is 1. The van der Waals surface area contributed by atoms with Gasteiger partial charge in [0.1, 0.15) is 5.75 Å². The van der Waals surface area contributed by atoms with Crippen LogP contribution in [0.2, 0.25) is 5.02 Å². The van der Waals surface area contributed by atoms with Gasteiger partial charge in [0.25, 0.3) is 0 Å². The number of halogens is 4. The smallest absolute Gasteiger partial charge is 0.417 e. The summed E-state index contributed by atoms with van der Waals surface area (Å²) in [5, 5.41) is 6.42. The van der Waals surface area contributed by atoms with E-state index in [1.54, 1.807) is 6.07 Å². The van der Waals surface area contributed by atoms with E-state index < -0.39 is 17.3 Å². The van der Waals surface area contributed by atoms with Gasteiger partial charge in [0.15, 0.2) is 0 Å². The minimum atomic E-state index is -4.53. The normalized spacial score (nSPS) is 11.9. The van der Waals surface area contributed by atoms with E-state index in [1.807, 2.05) is 104 Å². The molecule has 0 saturated heterocycles. The van der Waals surface area contributed by atoms with E-state index in [0.29, 0.717) is 50.3 Å². The maximum absolute atomic E-state index is 13.6. The molecule has 0 radical (unpaired) electrons. The lowest BCUT2D eigenvalue weighted by Gasteiger charge is -2.37. The third-order valence-electron chi connectivity index (χ3n) is 7.85. The van der Waals surface area contributed by atoms with Crippen LogP contribution in [0.3, 0.4) is 0 Å². The predicted molar refractivity (Wildman–Crippen MR) is 178 cm³/mol. The predicted octanol–water partition coefficient (Wildman–Crippen LogP) is 7.51. The molecule has 0 atom stereocenters. The molecule has 0 aliphatic heterocycles. The third kappa shape index (κ3) is 9.82. The molecule has 9 heteroatoms. The van der Waals surface area contributed by atoms with Crippen LogP contribution in [0.25, 0.3) is 0 Å². The number of carbonyl (C=O) groups is 1. The zero-order valence-electron chi connectivity index (χ0n) is 26.2. The van der Waals surface area contributed by atoms with Crippen LogP contribution in [-0.2, 0) is 29.4 Å². The van der Waals surface area contributed by atoms with E-state index in [-0.39, 0.29) is 17.4 Å². The number of nitrogens with zero attached hydrogens (tertiary/aromatic N) is 1. The molecule has 0 aliphatic carbocycles.